The Morgan fingerprint density at radius 1 is 0.531 bits per heavy atom. The van der Waals surface area contributed by atoms with Gasteiger partial charge >= 0.3 is 11.9 Å². The number of fused-ring (bicyclic) bond motifs is 6. The fraction of sp³-hybridized carbons (Fsp3) is 0.278. The van der Waals surface area contributed by atoms with Crippen LogP contribution in [0.15, 0.2) is 78.9 Å². The van der Waals surface area contributed by atoms with Crippen molar-refractivity contribution in [1.29, 1.82) is 0 Å². The Hall–Kier alpha value is -3.87. The van der Waals surface area contributed by atoms with Gasteiger partial charge in [0, 0.05) is 97.9 Å². The van der Waals surface area contributed by atoms with E-state index in [0.29, 0.717) is 41.2 Å². The first-order valence-electron chi connectivity index (χ1n) is 15.8. The highest BCUT2D eigenvalue weighted by Crippen LogP contribution is 2.34. The molecule has 2 atom stereocenters. The number of aromatic nitrogens is 2. The smallest absolute Gasteiger partial charge is 0.414 e. The van der Waals surface area contributed by atoms with Crippen LogP contribution in [0.2, 0.25) is 15.1 Å². The lowest BCUT2D eigenvalue weighted by Crippen LogP contribution is -2.50. The zero-order chi connectivity index (χ0) is 34.8. The number of aliphatic hydroxyl groups excluding tert-OH is 2. The van der Waals surface area contributed by atoms with E-state index < -0.39 is 24.1 Å². The number of aliphatic carboxylic acids is 2. The van der Waals surface area contributed by atoms with Gasteiger partial charge in [-0.15, -0.1) is 0 Å². The third-order valence-electron chi connectivity index (χ3n) is 8.90. The van der Waals surface area contributed by atoms with E-state index in [0.717, 1.165) is 69.8 Å². The van der Waals surface area contributed by atoms with Gasteiger partial charge in [0.15, 0.2) is 0 Å². The molecule has 2 unspecified atom stereocenters. The van der Waals surface area contributed by atoms with Crippen LogP contribution in [0.4, 0.5) is 0 Å². The molecule has 256 valence electrons. The molecule has 0 saturated carbocycles. The average Bonchev–Trinajstić information content (AvgIpc) is 3.53. The van der Waals surface area contributed by atoms with E-state index in [2.05, 4.69) is 31.1 Å². The molecule has 1 aliphatic heterocycles. The van der Waals surface area contributed by atoms with Crippen LogP contribution < -0.4 is 0 Å². The number of carboxylic acid groups (broad SMARTS) is 2. The van der Waals surface area contributed by atoms with E-state index in [9.17, 15) is 10.2 Å². The average molecular weight is 726 g/mol. The Labute approximate surface area is 296 Å². The first-order chi connectivity index (χ1) is 23.5. The van der Waals surface area contributed by atoms with E-state index in [-0.39, 0.29) is 0 Å². The van der Waals surface area contributed by atoms with Gasteiger partial charge in [-0.05, 0) is 60.7 Å². The molecule has 3 heterocycles. The molecule has 0 radical (unpaired) electrons. The summed E-state index contributed by atoms with van der Waals surface area (Å²) in [5, 5.41) is 43.5. The van der Waals surface area contributed by atoms with Crippen LogP contribution >= 0.6 is 34.8 Å². The molecular formula is C36H35Cl3N4O6. The van der Waals surface area contributed by atoms with Gasteiger partial charge in [0.25, 0.3) is 0 Å². The summed E-state index contributed by atoms with van der Waals surface area (Å²) in [5.74, 6) is -3.65. The van der Waals surface area contributed by atoms with Crippen LogP contribution in [-0.2, 0) is 22.7 Å². The number of β-amino-alcohol motifs (C(OH)–C–C–N with tert-alkyl or cyclic N) is 2. The highest BCUT2D eigenvalue weighted by Gasteiger charge is 2.23. The molecule has 4 aromatic carbocycles. The molecule has 13 heteroatoms. The van der Waals surface area contributed by atoms with E-state index >= 15 is 0 Å². The molecule has 49 heavy (non-hydrogen) atoms. The monoisotopic (exact) mass is 724 g/mol. The minimum atomic E-state index is -1.82. The molecule has 0 amide bonds. The van der Waals surface area contributed by atoms with Crippen LogP contribution in [0.1, 0.15) is 0 Å². The minimum absolute atomic E-state index is 0.478. The third-order valence-corrected chi connectivity index (χ3v) is 9.60. The molecule has 2 aromatic heterocycles. The van der Waals surface area contributed by atoms with Crippen molar-refractivity contribution in [3.05, 3.63) is 93.9 Å². The molecule has 1 saturated heterocycles. The molecule has 1 fully saturated rings. The number of para-hydroxylation sites is 1. The molecule has 0 aliphatic carbocycles. The van der Waals surface area contributed by atoms with Crippen molar-refractivity contribution in [2.45, 2.75) is 25.3 Å². The van der Waals surface area contributed by atoms with Crippen molar-refractivity contribution in [3.8, 4) is 0 Å². The van der Waals surface area contributed by atoms with Gasteiger partial charge in [0.1, 0.15) is 0 Å². The van der Waals surface area contributed by atoms with Gasteiger partial charge in [-0.1, -0.05) is 53.0 Å². The molecule has 6 aromatic rings. The number of hydrogen-bond acceptors (Lipinski definition) is 6. The van der Waals surface area contributed by atoms with E-state index in [1.165, 1.54) is 0 Å². The molecule has 10 nitrogen and oxygen atoms in total. The van der Waals surface area contributed by atoms with E-state index in [1.54, 1.807) is 0 Å². The van der Waals surface area contributed by atoms with Crippen molar-refractivity contribution in [2.75, 3.05) is 39.3 Å². The largest absolute Gasteiger partial charge is 0.473 e. The van der Waals surface area contributed by atoms with Crippen LogP contribution in [0.5, 0.6) is 0 Å². The van der Waals surface area contributed by atoms with Gasteiger partial charge in [0.05, 0.1) is 25.3 Å². The first-order valence-corrected chi connectivity index (χ1v) is 16.9. The normalized spacial score (nSPS) is 15.4. The number of carbonyl (C=O) groups is 2. The predicted molar refractivity (Wildman–Crippen MR) is 194 cm³/mol. The maximum absolute atomic E-state index is 11.2. The number of piperazine rings is 1. The number of nitrogens with zero attached hydrogens (tertiary/aromatic N) is 4. The molecule has 0 bridgehead atoms. The summed E-state index contributed by atoms with van der Waals surface area (Å²) in [4.78, 5) is 22.8. The SMILES string of the molecule is O=C(O)C(=O)O.OC(CN1CCN(CC(O)Cn2c3ccc(Cl)cc3c3cc(Cl)ccc32)CC1)Cn1c2ccccc2c2cc(Cl)ccc21. The number of carboxylic acids is 2. The summed E-state index contributed by atoms with van der Waals surface area (Å²) in [7, 11) is 0. The zero-order valence-electron chi connectivity index (χ0n) is 26.3. The quantitative estimate of drug-likeness (QED) is 0.140. The predicted octanol–water partition coefficient (Wildman–Crippen LogP) is 6.06. The molecule has 4 N–H and O–H groups in total. The van der Waals surface area contributed by atoms with Gasteiger partial charge in [-0.25, -0.2) is 9.59 Å². The maximum Gasteiger partial charge on any atom is 0.414 e. The molecule has 1 aliphatic rings. The van der Waals surface area contributed by atoms with Crippen molar-refractivity contribution < 1.29 is 30.0 Å². The second-order valence-corrected chi connectivity index (χ2v) is 13.6. The van der Waals surface area contributed by atoms with Crippen molar-refractivity contribution in [2.24, 2.45) is 0 Å². The summed E-state index contributed by atoms with van der Waals surface area (Å²) in [6.45, 7) is 5.56. The minimum Gasteiger partial charge on any atom is -0.473 e. The Morgan fingerprint density at radius 2 is 0.878 bits per heavy atom. The van der Waals surface area contributed by atoms with Gasteiger partial charge in [-0.3, -0.25) is 9.80 Å². The third kappa shape index (κ3) is 7.81. The fourth-order valence-electron chi connectivity index (χ4n) is 6.76. The second kappa shape index (κ2) is 14.9. The van der Waals surface area contributed by atoms with Gasteiger partial charge < -0.3 is 29.6 Å². The fourth-order valence-corrected chi connectivity index (χ4v) is 7.27. The highest BCUT2D eigenvalue weighted by atomic mass is 35.5. The Bertz CT molecular complexity index is 2090. The number of halogens is 3. The standard InChI is InChI=1S/C34H33Cl3N4O2.C2H2O4/c35-22-5-8-32-28(15-22)27-3-1-2-4-31(27)40(32)20-25(42)18-38-11-13-39(14-12-38)19-26(43)21-41-33-9-6-23(36)16-29(33)30-17-24(37)7-10-34(30)41;3-1(4)2(5)6/h1-10,15-17,25-26,42-43H,11-14,18-21H2;(H,3,4)(H,5,6). The Kier molecular flexibility index (Phi) is 10.7. The Morgan fingerprint density at radius 3 is 1.27 bits per heavy atom. The number of rotatable bonds is 8. The van der Waals surface area contributed by atoms with Crippen molar-refractivity contribution in [3.63, 3.8) is 0 Å². The number of aliphatic hydroxyl groups is 2. The lowest BCUT2D eigenvalue weighted by Gasteiger charge is -2.36. The van der Waals surface area contributed by atoms with E-state index in [1.807, 2.05) is 66.7 Å². The van der Waals surface area contributed by atoms with Crippen molar-refractivity contribution >= 4 is 90.4 Å². The van der Waals surface area contributed by atoms with Crippen LogP contribution in [0, 0.1) is 0 Å². The summed E-state index contributed by atoms with van der Waals surface area (Å²) >= 11 is 18.9. The van der Waals surface area contributed by atoms with Gasteiger partial charge in [0.2, 0.25) is 0 Å². The molecule has 7 rings (SSSR count). The van der Waals surface area contributed by atoms with Crippen LogP contribution in [0.3, 0.4) is 0 Å². The van der Waals surface area contributed by atoms with Crippen molar-refractivity contribution in [1.82, 2.24) is 18.9 Å². The molecule has 0 spiro atoms. The lowest BCUT2D eigenvalue weighted by molar-refractivity contribution is -0.159. The highest BCUT2D eigenvalue weighted by molar-refractivity contribution is 6.33. The van der Waals surface area contributed by atoms with Gasteiger partial charge in [-0.2, -0.15) is 0 Å². The summed E-state index contributed by atoms with van der Waals surface area (Å²) in [5.41, 5.74) is 4.25. The topological polar surface area (TPSA) is 131 Å². The summed E-state index contributed by atoms with van der Waals surface area (Å²) in [6, 6.07) is 25.9. The lowest BCUT2D eigenvalue weighted by atomic mass is 10.1. The number of hydrogen-bond donors (Lipinski definition) is 4. The van der Waals surface area contributed by atoms with Crippen LogP contribution in [-0.4, -0.2) is 103 Å². The summed E-state index contributed by atoms with van der Waals surface area (Å²) in [6.07, 6.45) is -1.05. The van der Waals surface area contributed by atoms with E-state index in [4.69, 9.17) is 54.6 Å². The first kappa shape index (κ1) is 35.0. The summed E-state index contributed by atoms with van der Waals surface area (Å²) < 4.78 is 4.37. The second-order valence-electron chi connectivity index (χ2n) is 12.2. The number of benzene rings is 4. The zero-order valence-corrected chi connectivity index (χ0v) is 28.6. The maximum atomic E-state index is 11.2. The Balaban J connectivity index is 0.000000639. The molecular weight excluding hydrogens is 691 g/mol. The van der Waals surface area contributed by atoms with Crippen LogP contribution in [0.25, 0.3) is 43.6 Å².